The summed E-state index contributed by atoms with van der Waals surface area (Å²) in [5.41, 5.74) is 0.824. The van der Waals surface area contributed by atoms with Gasteiger partial charge in [-0.2, -0.15) is 0 Å². The van der Waals surface area contributed by atoms with Gasteiger partial charge in [-0.3, -0.25) is 4.79 Å². The van der Waals surface area contributed by atoms with Crippen LogP contribution in [0.15, 0.2) is 24.3 Å². The zero-order chi connectivity index (χ0) is 15.2. The molecule has 2 rings (SSSR count). The number of amides is 1. The standard InChI is InChI=1S/C17H25FN2O/c1-3-12(2)20-17(21)8-9-19-14-10-13(11-14)15-6-4-5-7-16(15)18/h4-7,12-14,19H,3,8-11H2,1-2H3,(H,20,21). The van der Waals surface area contributed by atoms with Crippen LogP contribution < -0.4 is 10.6 Å². The van der Waals surface area contributed by atoms with E-state index in [1.165, 1.54) is 6.07 Å². The van der Waals surface area contributed by atoms with Crippen molar-refractivity contribution in [3.63, 3.8) is 0 Å². The van der Waals surface area contributed by atoms with E-state index in [1.807, 2.05) is 19.1 Å². The fraction of sp³-hybridized carbons (Fsp3) is 0.588. The fourth-order valence-corrected chi connectivity index (χ4v) is 2.68. The quantitative estimate of drug-likeness (QED) is 0.811. The van der Waals surface area contributed by atoms with Crippen LogP contribution in [0, 0.1) is 5.82 Å². The molecule has 0 heterocycles. The van der Waals surface area contributed by atoms with Gasteiger partial charge in [0, 0.05) is 25.0 Å². The Morgan fingerprint density at radius 2 is 2.10 bits per heavy atom. The summed E-state index contributed by atoms with van der Waals surface area (Å²) in [7, 11) is 0. The Bertz CT molecular complexity index is 472. The maximum Gasteiger partial charge on any atom is 0.221 e. The van der Waals surface area contributed by atoms with Crippen LogP contribution in [0.1, 0.15) is 51.0 Å². The molecule has 3 nitrogen and oxygen atoms in total. The minimum absolute atomic E-state index is 0.0989. The van der Waals surface area contributed by atoms with E-state index in [9.17, 15) is 9.18 Å². The van der Waals surface area contributed by atoms with E-state index in [2.05, 4.69) is 17.6 Å². The van der Waals surface area contributed by atoms with Crippen LogP contribution in [0.3, 0.4) is 0 Å². The Kier molecular flexibility index (Phi) is 5.74. The van der Waals surface area contributed by atoms with Gasteiger partial charge >= 0.3 is 0 Å². The third-order valence-electron chi connectivity index (χ3n) is 4.29. The molecule has 0 spiro atoms. The third-order valence-corrected chi connectivity index (χ3v) is 4.29. The van der Waals surface area contributed by atoms with E-state index in [4.69, 9.17) is 0 Å². The Morgan fingerprint density at radius 1 is 1.38 bits per heavy atom. The summed E-state index contributed by atoms with van der Waals surface area (Å²) in [6, 6.07) is 7.66. The van der Waals surface area contributed by atoms with E-state index in [0.717, 1.165) is 24.8 Å². The number of hydrogen-bond donors (Lipinski definition) is 2. The van der Waals surface area contributed by atoms with Gasteiger partial charge in [0.2, 0.25) is 5.91 Å². The lowest BCUT2D eigenvalue weighted by molar-refractivity contribution is -0.121. The molecule has 1 aliphatic carbocycles. The van der Waals surface area contributed by atoms with Crippen molar-refractivity contribution in [1.29, 1.82) is 0 Å². The van der Waals surface area contributed by atoms with Crippen molar-refractivity contribution in [2.24, 2.45) is 0 Å². The number of rotatable bonds is 7. The zero-order valence-electron chi connectivity index (χ0n) is 12.9. The molecule has 2 N–H and O–H groups in total. The molecule has 1 aliphatic rings. The second kappa shape index (κ2) is 7.55. The van der Waals surface area contributed by atoms with Gasteiger partial charge in [0.05, 0.1) is 0 Å². The highest BCUT2D eigenvalue weighted by atomic mass is 19.1. The molecule has 4 heteroatoms. The normalized spacial score (nSPS) is 22.4. The summed E-state index contributed by atoms with van der Waals surface area (Å²) in [6.45, 7) is 4.76. The number of nitrogens with one attached hydrogen (secondary N) is 2. The molecule has 1 fully saturated rings. The molecule has 1 aromatic carbocycles. The Labute approximate surface area is 126 Å². The molecule has 1 amide bonds. The van der Waals surface area contributed by atoms with Crippen LogP contribution in [0.2, 0.25) is 0 Å². The van der Waals surface area contributed by atoms with Crippen LogP contribution in [0.5, 0.6) is 0 Å². The van der Waals surface area contributed by atoms with Crippen LogP contribution in [0.25, 0.3) is 0 Å². The molecule has 116 valence electrons. The van der Waals surface area contributed by atoms with Crippen LogP contribution in [-0.4, -0.2) is 24.5 Å². The monoisotopic (exact) mass is 292 g/mol. The summed E-state index contributed by atoms with van der Waals surface area (Å²) in [4.78, 5) is 11.6. The SMILES string of the molecule is CCC(C)NC(=O)CCNC1CC(c2ccccc2F)C1. The number of carbonyl (C=O) groups is 1. The summed E-state index contributed by atoms with van der Waals surface area (Å²) < 4.78 is 13.6. The Balaban J connectivity index is 1.63. The summed E-state index contributed by atoms with van der Waals surface area (Å²) >= 11 is 0. The first-order valence-electron chi connectivity index (χ1n) is 7.87. The molecule has 0 aliphatic heterocycles. The Hall–Kier alpha value is -1.42. The predicted octanol–water partition coefficient (Wildman–Crippen LogP) is 2.97. The van der Waals surface area contributed by atoms with Gasteiger partial charge in [-0.05, 0) is 43.7 Å². The predicted molar refractivity (Wildman–Crippen MR) is 82.7 cm³/mol. The molecule has 0 bridgehead atoms. The molecule has 1 aromatic rings. The smallest absolute Gasteiger partial charge is 0.221 e. The van der Waals surface area contributed by atoms with Crippen LogP contribution in [-0.2, 0) is 4.79 Å². The highest BCUT2D eigenvalue weighted by molar-refractivity contribution is 5.76. The van der Waals surface area contributed by atoms with Gasteiger partial charge in [-0.25, -0.2) is 4.39 Å². The molecule has 1 unspecified atom stereocenters. The third kappa shape index (κ3) is 4.53. The van der Waals surface area contributed by atoms with Crippen LogP contribution >= 0.6 is 0 Å². The largest absolute Gasteiger partial charge is 0.354 e. The van der Waals surface area contributed by atoms with E-state index in [1.54, 1.807) is 6.07 Å². The minimum atomic E-state index is -0.103. The first kappa shape index (κ1) is 16.0. The van der Waals surface area contributed by atoms with E-state index in [-0.39, 0.29) is 17.8 Å². The zero-order valence-corrected chi connectivity index (χ0v) is 12.9. The first-order valence-corrected chi connectivity index (χ1v) is 7.87. The van der Waals surface area contributed by atoms with Crippen molar-refractivity contribution in [3.05, 3.63) is 35.6 Å². The molecule has 1 atom stereocenters. The van der Waals surface area contributed by atoms with Crippen molar-refractivity contribution < 1.29 is 9.18 Å². The highest BCUT2D eigenvalue weighted by Crippen LogP contribution is 2.37. The minimum Gasteiger partial charge on any atom is -0.354 e. The average Bonchev–Trinajstić information content (AvgIpc) is 2.42. The second-order valence-electron chi connectivity index (χ2n) is 5.97. The number of carbonyl (C=O) groups excluding carboxylic acids is 1. The topological polar surface area (TPSA) is 41.1 Å². The molecule has 1 saturated carbocycles. The lowest BCUT2D eigenvalue weighted by Gasteiger charge is -2.36. The van der Waals surface area contributed by atoms with Crippen molar-refractivity contribution in [2.45, 2.75) is 57.5 Å². The van der Waals surface area contributed by atoms with E-state index >= 15 is 0 Å². The number of benzene rings is 1. The maximum atomic E-state index is 13.6. The average molecular weight is 292 g/mol. The van der Waals surface area contributed by atoms with Gasteiger partial charge in [0.15, 0.2) is 0 Å². The summed E-state index contributed by atoms with van der Waals surface area (Å²) in [5.74, 6) is 0.313. The van der Waals surface area contributed by atoms with Gasteiger partial charge < -0.3 is 10.6 Å². The van der Waals surface area contributed by atoms with E-state index in [0.29, 0.717) is 24.9 Å². The van der Waals surface area contributed by atoms with Gasteiger partial charge in [-0.1, -0.05) is 25.1 Å². The lowest BCUT2D eigenvalue weighted by atomic mass is 9.75. The fourth-order valence-electron chi connectivity index (χ4n) is 2.68. The molecule has 21 heavy (non-hydrogen) atoms. The molecule has 0 aromatic heterocycles. The molecule has 0 saturated heterocycles. The summed E-state index contributed by atoms with van der Waals surface area (Å²) in [6.07, 6.45) is 3.36. The first-order chi connectivity index (χ1) is 10.1. The highest BCUT2D eigenvalue weighted by Gasteiger charge is 2.31. The molecule has 0 radical (unpaired) electrons. The van der Waals surface area contributed by atoms with Crippen molar-refractivity contribution >= 4 is 5.91 Å². The second-order valence-corrected chi connectivity index (χ2v) is 5.97. The number of hydrogen-bond acceptors (Lipinski definition) is 2. The maximum absolute atomic E-state index is 13.6. The lowest BCUT2D eigenvalue weighted by Crippen LogP contribution is -2.42. The Morgan fingerprint density at radius 3 is 2.76 bits per heavy atom. The van der Waals surface area contributed by atoms with Crippen molar-refractivity contribution in [2.75, 3.05) is 6.54 Å². The van der Waals surface area contributed by atoms with Gasteiger partial charge in [0.1, 0.15) is 5.82 Å². The number of halogens is 1. The molecular weight excluding hydrogens is 267 g/mol. The van der Waals surface area contributed by atoms with Gasteiger partial charge in [0.25, 0.3) is 0 Å². The summed E-state index contributed by atoms with van der Waals surface area (Å²) in [5, 5.41) is 6.33. The van der Waals surface area contributed by atoms with Crippen molar-refractivity contribution in [1.82, 2.24) is 10.6 Å². The van der Waals surface area contributed by atoms with Crippen LogP contribution in [0.4, 0.5) is 4.39 Å². The molecular formula is C17H25FN2O. The van der Waals surface area contributed by atoms with E-state index < -0.39 is 0 Å². The van der Waals surface area contributed by atoms with Crippen molar-refractivity contribution in [3.8, 4) is 0 Å². The van der Waals surface area contributed by atoms with Gasteiger partial charge in [-0.15, -0.1) is 0 Å².